The predicted octanol–water partition coefficient (Wildman–Crippen LogP) is 4.57. The molecule has 1 fully saturated rings. The topological polar surface area (TPSA) is 106 Å². The minimum Gasteiger partial charge on any atom is -0.507 e. The molecule has 1 saturated heterocycles. The maximum Gasteiger partial charge on any atom is 0.350 e. The molecule has 0 unspecified atom stereocenters. The smallest absolute Gasteiger partial charge is 0.350 e. The number of hydrogen-bond acceptors (Lipinski definition) is 8. The molecule has 0 bridgehead atoms. The Kier molecular flexibility index (Phi) is 6.70. The lowest BCUT2D eigenvalue weighted by Crippen LogP contribution is -2.29. The first kappa shape index (κ1) is 24.2. The Morgan fingerprint density at radius 3 is 2.34 bits per heavy atom. The number of hydrogen-bond donors (Lipinski definition) is 1. The highest BCUT2D eigenvalue weighted by Crippen LogP contribution is 2.44. The van der Waals surface area contributed by atoms with Crippen molar-refractivity contribution in [2.75, 3.05) is 18.6 Å². The fourth-order valence-electron chi connectivity index (χ4n) is 3.89. The number of esters is 1. The van der Waals surface area contributed by atoms with Gasteiger partial charge in [0.15, 0.2) is 5.13 Å². The van der Waals surface area contributed by atoms with E-state index in [0.717, 1.165) is 16.9 Å². The number of benzene rings is 2. The van der Waals surface area contributed by atoms with Crippen LogP contribution in [-0.2, 0) is 14.3 Å². The number of ether oxygens (including phenoxy) is 2. The van der Waals surface area contributed by atoms with Crippen molar-refractivity contribution in [3.05, 3.63) is 81.4 Å². The normalized spacial score (nSPS) is 17.0. The van der Waals surface area contributed by atoms with Crippen molar-refractivity contribution >= 4 is 39.9 Å². The third kappa shape index (κ3) is 4.42. The van der Waals surface area contributed by atoms with Gasteiger partial charge in [0.1, 0.15) is 16.4 Å². The van der Waals surface area contributed by atoms with Crippen molar-refractivity contribution in [2.45, 2.75) is 26.8 Å². The van der Waals surface area contributed by atoms with E-state index < -0.39 is 23.7 Å². The summed E-state index contributed by atoms with van der Waals surface area (Å²) >= 11 is 0.960. The van der Waals surface area contributed by atoms with Crippen LogP contribution in [0.4, 0.5) is 5.13 Å². The lowest BCUT2D eigenvalue weighted by Gasteiger charge is -2.23. The van der Waals surface area contributed by atoms with Crippen LogP contribution in [0, 0.1) is 13.8 Å². The van der Waals surface area contributed by atoms with Crippen LogP contribution < -0.4 is 9.64 Å². The number of amides is 1. The van der Waals surface area contributed by atoms with Gasteiger partial charge in [-0.05, 0) is 50.6 Å². The van der Waals surface area contributed by atoms with Gasteiger partial charge in [0.05, 0.1) is 31.0 Å². The van der Waals surface area contributed by atoms with E-state index in [4.69, 9.17) is 9.47 Å². The maximum absolute atomic E-state index is 13.3. The second kappa shape index (κ2) is 9.71. The Balaban J connectivity index is 1.89. The van der Waals surface area contributed by atoms with Crippen LogP contribution in [0.1, 0.15) is 45.0 Å². The molecular formula is C26H24N2O6S. The van der Waals surface area contributed by atoms with E-state index in [1.807, 2.05) is 26.0 Å². The number of anilines is 1. The number of aliphatic hydroxyl groups is 1. The third-order valence-corrected chi connectivity index (χ3v) is 6.78. The molecule has 0 radical (unpaired) electrons. The lowest BCUT2D eigenvalue weighted by molar-refractivity contribution is -0.132. The highest BCUT2D eigenvalue weighted by molar-refractivity contribution is 7.17. The average molecular weight is 493 g/mol. The second-order valence-corrected chi connectivity index (χ2v) is 8.92. The van der Waals surface area contributed by atoms with Crippen molar-refractivity contribution in [1.29, 1.82) is 0 Å². The zero-order valence-corrected chi connectivity index (χ0v) is 20.5. The zero-order valence-electron chi connectivity index (χ0n) is 19.7. The van der Waals surface area contributed by atoms with Gasteiger partial charge >= 0.3 is 11.9 Å². The number of nitrogens with zero attached hydrogens (tertiary/aromatic N) is 2. The number of methoxy groups -OCH3 is 1. The van der Waals surface area contributed by atoms with E-state index in [-0.39, 0.29) is 21.3 Å². The number of carbonyl (C=O) groups is 3. The van der Waals surface area contributed by atoms with Gasteiger partial charge < -0.3 is 14.6 Å². The number of rotatable bonds is 6. The molecule has 8 nitrogen and oxygen atoms in total. The van der Waals surface area contributed by atoms with Crippen LogP contribution >= 0.6 is 11.3 Å². The van der Waals surface area contributed by atoms with Crippen LogP contribution in [0.15, 0.2) is 54.1 Å². The molecule has 1 aliphatic rings. The fraction of sp³-hybridized carbons (Fsp3) is 0.231. The van der Waals surface area contributed by atoms with Crippen LogP contribution in [0.25, 0.3) is 5.76 Å². The molecule has 1 N–H and O–H groups in total. The summed E-state index contributed by atoms with van der Waals surface area (Å²) < 4.78 is 10.3. The van der Waals surface area contributed by atoms with Gasteiger partial charge in [0.25, 0.3) is 5.78 Å². The molecule has 0 spiro atoms. The van der Waals surface area contributed by atoms with Gasteiger partial charge in [-0.15, -0.1) is 0 Å². The number of aromatic nitrogens is 1. The van der Waals surface area contributed by atoms with Gasteiger partial charge in [0, 0.05) is 5.56 Å². The lowest BCUT2D eigenvalue weighted by atomic mass is 9.95. The Labute approximate surface area is 206 Å². The molecule has 180 valence electrons. The predicted molar refractivity (Wildman–Crippen MR) is 132 cm³/mol. The van der Waals surface area contributed by atoms with Gasteiger partial charge in [-0.2, -0.15) is 0 Å². The highest BCUT2D eigenvalue weighted by atomic mass is 32.1. The van der Waals surface area contributed by atoms with Crippen LogP contribution in [0.3, 0.4) is 0 Å². The van der Waals surface area contributed by atoms with Crippen molar-refractivity contribution in [1.82, 2.24) is 4.98 Å². The summed E-state index contributed by atoms with van der Waals surface area (Å²) in [5.74, 6) is -1.94. The third-order valence-electron chi connectivity index (χ3n) is 5.64. The first-order valence-corrected chi connectivity index (χ1v) is 11.7. The summed E-state index contributed by atoms with van der Waals surface area (Å²) in [6, 6.07) is 13.0. The first-order chi connectivity index (χ1) is 16.8. The molecule has 0 saturated carbocycles. The van der Waals surface area contributed by atoms with E-state index in [2.05, 4.69) is 4.98 Å². The molecule has 1 aromatic heterocycles. The minimum atomic E-state index is -0.932. The Hall–Kier alpha value is -3.98. The van der Waals surface area contributed by atoms with Crippen molar-refractivity contribution < 1.29 is 29.0 Å². The van der Waals surface area contributed by atoms with Gasteiger partial charge in [0.2, 0.25) is 0 Å². The Bertz CT molecular complexity index is 1320. The SMILES string of the molecule is CCOc1ccc(/C(O)=C2\C(=O)C(=O)N(c3nc(C)c(C(=O)OC)s3)[C@H]2c2ccc(C)cc2)cc1. The Morgan fingerprint density at radius 1 is 1.09 bits per heavy atom. The molecule has 1 atom stereocenters. The van der Waals surface area contributed by atoms with Gasteiger partial charge in [-0.1, -0.05) is 41.2 Å². The average Bonchev–Trinajstić information content (AvgIpc) is 3.36. The number of ketones is 1. The standard InChI is InChI=1S/C26H24N2O6S/c1-5-34-18-12-10-17(11-13-18)21(29)19-20(16-8-6-14(2)7-9-16)28(24(31)22(19)30)26-27-15(3)23(35-26)25(32)33-4/h6-13,20,29H,5H2,1-4H3/b21-19+/t20-/m0/s1. The minimum absolute atomic E-state index is 0.0597. The summed E-state index contributed by atoms with van der Waals surface area (Å²) in [4.78, 5) is 44.5. The molecule has 1 amide bonds. The van der Waals surface area contributed by atoms with Crippen molar-refractivity contribution in [2.24, 2.45) is 0 Å². The molecule has 3 aromatic rings. The summed E-state index contributed by atoms with van der Waals surface area (Å²) in [6.07, 6.45) is 0. The van der Waals surface area contributed by atoms with E-state index in [1.165, 1.54) is 12.0 Å². The second-order valence-electron chi connectivity index (χ2n) is 7.94. The summed E-state index contributed by atoms with van der Waals surface area (Å²) in [7, 11) is 1.26. The summed E-state index contributed by atoms with van der Waals surface area (Å²) in [6.45, 7) is 5.91. The molecule has 0 aliphatic carbocycles. The van der Waals surface area contributed by atoms with Gasteiger partial charge in [-0.25, -0.2) is 9.78 Å². The molecule has 2 aromatic carbocycles. The van der Waals surface area contributed by atoms with Crippen molar-refractivity contribution in [3.8, 4) is 5.75 Å². The largest absolute Gasteiger partial charge is 0.507 e. The maximum atomic E-state index is 13.3. The summed E-state index contributed by atoms with van der Waals surface area (Å²) in [5.41, 5.74) is 2.31. The molecule has 35 heavy (non-hydrogen) atoms. The van der Waals surface area contributed by atoms with E-state index in [9.17, 15) is 19.5 Å². The number of thiazole rings is 1. The van der Waals surface area contributed by atoms with Crippen LogP contribution in [0.5, 0.6) is 5.75 Å². The number of aryl methyl sites for hydroxylation is 2. The molecule has 4 rings (SSSR count). The number of Topliss-reactive ketones (excluding diaryl/α,β-unsaturated/α-hetero) is 1. The molecule has 2 heterocycles. The quantitative estimate of drug-likeness (QED) is 0.232. The fourth-order valence-corrected chi connectivity index (χ4v) is 4.90. The van der Waals surface area contributed by atoms with E-state index in [0.29, 0.717) is 29.2 Å². The van der Waals surface area contributed by atoms with E-state index >= 15 is 0 Å². The highest BCUT2D eigenvalue weighted by Gasteiger charge is 2.48. The molecule has 1 aliphatic heterocycles. The number of carbonyl (C=O) groups excluding carboxylic acids is 3. The van der Waals surface area contributed by atoms with Crippen LogP contribution in [0.2, 0.25) is 0 Å². The zero-order chi connectivity index (χ0) is 25.3. The van der Waals surface area contributed by atoms with Crippen molar-refractivity contribution in [3.63, 3.8) is 0 Å². The van der Waals surface area contributed by atoms with Crippen LogP contribution in [-0.4, -0.2) is 41.5 Å². The van der Waals surface area contributed by atoms with E-state index in [1.54, 1.807) is 43.3 Å². The molecular weight excluding hydrogens is 468 g/mol. The number of aliphatic hydroxyl groups excluding tert-OH is 1. The first-order valence-electron chi connectivity index (χ1n) is 10.9. The Morgan fingerprint density at radius 2 is 1.74 bits per heavy atom. The summed E-state index contributed by atoms with van der Waals surface area (Å²) in [5, 5.41) is 11.4. The molecule has 9 heteroatoms. The monoisotopic (exact) mass is 492 g/mol. The van der Waals surface area contributed by atoms with Gasteiger partial charge in [-0.3, -0.25) is 14.5 Å².